The second-order valence-electron chi connectivity index (χ2n) is 6.85. The average molecular weight is 407 g/mol. The van der Waals surface area contributed by atoms with Crippen LogP contribution in [0.25, 0.3) is 0 Å². The summed E-state index contributed by atoms with van der Waals surface area (Å²) in [5, 5.41) is 0.344. The Morgan fingerprint density at radius 2 is 1.82 bits per heavy atom. The smallest absolute Gasteiger partial charge is 0.414 e. The molecule has 0 bridgehead atoms. The fraction of sp³-hybridized carbons (Fsp3) is 0.350. The van der Waals surface area contributed by atoms with Crippen molar-refractivity contribution < 1.29 is 23.8 Å². The van der Waals surface area contributed by atoms with Gasteiger partial charge in [-0.15, -0.1) is 0 Å². The van der Waals surface area contributed by atoms with Gasteiger partial charge in [0.25, 0.3) is 0 Å². The zero-order valence-corrected chi connectivity index (χ0v) is 17.0. The first-order valence-corrected chi connectivity index (χ1v) is 8.99. The van der Waals surface area contributed by atoms with Gasteiger partial charge in [0.15, 0.2) is 0 Å². The van der Waals surface area contributed by atoms with Gasteiger partial charge >= 0.3 is 12.1 Å². The van der Waals surface area contributed by atoms with Gasteiger partial charge in [0.1, 0.15) is 18.0 Å². The number of carbonyl (C=O) groups is 2. The number of pyridine rings is 1. The minimum absolute atomic E-state index is 0.155. The number of hydrogen-bond acceptors (Lipinski definition) is 6. The van der Waals surface area contributed by atoms with E-state index in [0.717, 1.165) is 0 Å². The van der Waals surface area contributed by atoms with E-state index in [1.54, 1.807) is 51.4 Å². The molecule has 2 aromatic rings. The Labute approximate surface area is 169 Å². The van der Waals surface area contributed by atoms with E-state index in [-0.39, 0.29) is 18.7 Å². The van der Waals surface area contributed by atoms with E-state index >= 15 is 0 Å². The molecule has 0 spiro atoms. The summed E-state index contributed by atoms with van der Waals surface area (Å²) in [6, 6.07) is 8.02. The lowest BCUT2D eigenvalue weighted by molar-refractivity contribution is 0.0573. The molecular formula is C20H23ClN2O5. The van der Waals surface area contributed by atoms with Crippen LogP contribution >= 0.6 is 11.6 Å². The van der Waals surface area contributed by atoms with E-state index in [9.17, 15) is 9.59 Å². The van der Waals surface area contributed by atoms with Crippen LogP contribution in [0.5, 0.6) is 5.75 Å². The van der Waals surface area contributed by atoms with Crippen LogP contribution in [0, 0.1) is 0 Å². The number of esters is 1. The molecule has 0 aliphatic rings. The van der Waals surface area contributed by atoms with Crippen molar-refractivity contribution in [2.45, 2.75) is 26.4 Å². The van der Waals surface area contributed by atoms with E-state index in [2.05, 4.69) is 4.98 Å². The summed E-state index contributed by atoms with van der Waals surface area (Å²) < 4.78 is 15.9. The van der Waals surface area contributed by atoms with Crippen LogP contribution < -0.4 is 9.64 Å². The van der Waals surface area contributed by atoms with E-state index in [1.165, 1.54) is 24.1 Å². The third-order valence-corrected chi connectivity index (χ3v) is 3.68. The molecule has 150 valence electrons. The molecule has 1 heterocycles. The van der Waals surface area contributed by atoms with Crippen molar-refractivity contribution >= 4 is 29.4 Å². The molecule has 7 nitrogen and oxygen atoms in total. The molecule has 0 aliphatic heterocycles. The van der Waals surface area contributed by atoms with E-state index in [0.29, 0.717) is 16.5 Å². The molecule has 0 aliphatic carbocycles. The van der Waals surface area contributed by atoms with Gasteiger partial charge in [0.2, 0.25) is 0 Å². The van der Waals surface area contributed by atoms with Gasteiger partial charge in [-0.3, -0.25) is 9.88 Å². The maximum absolute atomic E-state index is 12.6. The number of hydrogen-bond donors (Lipinski definition) is 0. The lowest BCUT2D eigenvalue weighted by Gasteiger charge is -2.27. The Hall–Kier alpha value is -2.80. The molecule has 0 unspecified atom stereocenters. The summed E-state index contributed by atoms with van der Waals surface area (Å²) >= 11 is 6.03. The van der Waals surface area contributed by atoms with Crippen molar-refractivity contribution in [1.82, 2.24) is 4.98 Å². The molecular weight excluding hydrogens is 384 g/mol. The second-order valence-corrected chi connectivity index (χ2v) is 7.29. The minimum Gasteiger partial charge on any atom is -0.492 e. The van der Waals surface area contributed by atoms with Gasteiger partial charge in [0, 0.05) is 17.4 Å². The van der Waals surface area contributed by atoms with E-state index in [1.807, 2.05) is 0 Å². The largest absolute Gasteiger partial charge is 0.492 e. The monoisotopic (exact) mass is 406 g/mol. The number of aromatic nitrogens is 1. The summed E-state index contributed by atoms with van der Waals surface area (Å²) in [6.07, 6.45) is 2.68. The van der Waals surface area contributed by atoms with Gasteiger partial charge in [-0.1, -0.05) is 11.6 Å². The highest BCUT2D eigenvalue weighted by Crippen LogP contribution is 2.22. The molecule has 1 aromatic heterocycles. The standard InChI is InChI=1S/C20H23ClN2O5/c1-20(2,3)28-19(25)23(16-5-7-22-8-6-16)9-10-27-17-12-14(18(24)26-4)11-15(21)13-17/h5-8,11-13H,9-10H2,1-4H3. The Bertz CT molecular complexity index is 821. The predicted molar refractivity (Wildman–Crippen MR) is 106 cm³/mol. The normalized spacial score (nSPS) is 10.9. The number of anilines is 1. The Morgan fingerprint density at radius 1 is 1.14 bits per heavy atom. The molecule has 8 heteroatoms. The van der Waals surface area contributed by atoms with Gasteiger partial charge < -0.3 is 14.2 Å². The van der Waals surface area contributed by atoms with Crippen LogP contribution in [-0.2, 0) is 9.47 Å². The maximum atomic E-state index is 12.6. The van der Waals surface area contributed by atoms with E-state index in [4.69, 9.17) is 25.8 Å². The van der Waals surface area contributed by atoms with Gasteiger partial charge in [0.05, 0.1) is 24.9 Å². The first kappa shape index (κ1) is 21.5. The van der Waals surface area contributed by atoms with Crippen molar-refractivity contribution in [2.24, 2.45) is 0 Å². The van der Waals surface area contributed by atoms with Gasteiger partial charge in [-0.05, 0) is 51.1 Å². The second kappa shape index (κ2) is 9.41. The predicted octanol–water partition coefficient (Wildman–Crippen LogP) is 4.34. The Morgan fingerprint density at radius 3 is 2.43 bits per heavy atom. The molecule has 0 N–H and O–H groups in total. The third-order valence-electron chi connectivity index (χ3n) is 3.46. The Kier molecular flexibility index (Phi) is 7.23. The average Bonchev–Trinajstić information content (AvgIpc) is 2.63. The third kappa shape index (κ3) is 6.42. The molecule has 1 aromatic carbocycles. The zero-order valence-electron chi connectivity index (χ0n) is 16.3. The van der Waals surface area contributed by atoms with Gasteiger partial charge in [-0.2, -0.15) is 0 Å². The molecule has 0 saturated heterocycles. The van der Waals surface area contributed by atoms with Crippen LogP contribution in [0.1, 0.15) is 31.1 Å². The summed E-state index contributed by atoms with van der Waals surface area (Å²) in [5.41, 5.74) is 0.281. The van der Waals surface area contributed by atoms with Crippen molar-refractivity contribution in [1.29, 1.82) is 0 Å². The fourth-order valence-electron chi connectivity index (χ4n) is 2.30. The fourth-order valence-corrected chi connectivity index (χ4v) is 2.53. The number of carbonyl (C=O) groups excluding carboxylic acids is 2. The van der Waals surface area contributed by atoms with E-state index < -0.39 is 17.7 Å². The number of methoxy groups -OCH3 is 1. The van der Waals surface area contributed by atoms with Crippen molar-refractivity contribution in [3.8, 4) is 5.75 Å². The lowest BCUT2D eigenvalue weighted by atomic mass is 10.2. The van der Waals surface area contributed by atoms with Crippen LogP contribution in [-0.4, -0.2) is 42.9 Å². The highest BCUT2D eigenvalue weighted by atomic mass is 35.5. The highest BCUT2D eigenvalue weighted by Gasteiger charge is 2.23. The number of benzene rings is 1. The summed E-state index contributed by atoms with van der Waals surface area (Å²) in [4.78, 5) is 29.7. The molecule has 0 saturated carbocycles. The van der Waals surface area contributed by atoms with Crippen molar-refractivity contribution in [3.05, 3.63) is 53.3 Å². The number of ether oxygens (including phenoxy) is 3. The Balaban J connectivity index is 2.11. The number of rotatable bonds is 6. The molecule has 1 amide bonds. The highest BCUT2D eigenvalue weighted by molar-refractivity contribution is 6.31. The summed E-state index contributed by atoms with van der Waals surface area (Å²) in [6.45, 7) is 5.77. The van der Waals surface area contributed by atoms with Crippen molar-refractivity contribution in [2.75, 3.05) is 25.2 Å². The van der Waals surface area contributed by atoms with Crippen LogP contribution in [0.4, 0.5) is 10.5 Å². The summed E-state index contributed by atoms with van der Waals surface area (Å²) in [5.74, 6) is -0.119. The topological polar surface area (TPSA) is 78.0 Å². The van der Waals surface area contributed by atoms with Crippen LogP contribution in [0.15, 0.2) is 42.7 Å². The first-order chi connectivity index (χ1) is 13.2. The molecule has 0 radical (unpaired) electrons. The number of halogens is 1. The molecule has 2 rings (SSSR count). The van der Waals surface area contributed by atoms with Crippen LogP contribution in [0.3, 0.4) is 0 Å². The quantitative estimate of drug-likeness (QED) is 0.664. The maximum Gasteiger partial charge on any atom is 0.414 e. The zero-order chi connectivity index (χ0) is 20.7. The molecule has 0 fully saturated rings. The van der Waals surface area contributed by atoms with Gasteiger partial charge in [-0.25, -0.2) is 9.59 Å². The number of amides is 1. The first-order valence-electron chi connectivity index (χ1n) is 8.62. The molecule has 28 heavy (non-hydrogen) atoms. The van der Waals surface area contributed by atoms with Crippen molar-refractivity contribution in [3.63, 3.8) is 0 Å². The summed E-state index contributed by atoms with van der Waals surface area (Å²) in [7, 11) is 1.29. The minimum atomic E-state index is -0.633. The van der Waals surface area contributed by atoms with Crippen LogP contribution in [0.2, 0.25) is 5.02 Å². The molecule has 0 atom stereocenters. The SMILES string of the molecule is COC(=O)c1cc(Cl)cc(OCCN(C(=O)OC(C)(C)C)c2ccncc2)c1. The number of nitrogens with zero attached hydrogens (tertiary/aromatic N) is 2. The lowest BCUT2D eigenvalue weighted by Crippen LogP contribution is -2.39.